The third kappa shape index (κ3) is 2.99. The highest BCUT2D eigenvalue weighted by molar-refractivity contribution is 5.88. The van der Waals surface area contributed by atoms with Crippen molar-refractivity contribution in [2.24, 2.45) is 5.41 Å². The minimum Gasteiger partial charge on any atom is -0.353 e. The second-order valence-corrected chi connectivity index (χ2v) is 5.41. The van der Waals surface area contributed by atoms with Gasteiger partial charge in [-0.2, -0.15) is 0 Å². The van der Waals surface area contributed by atoms with Gasteiger partial charge >= 0.3 is 6.04 Å². The molecule has 0 saturated heterocycles. The van der Waals surface area contributed by atoms with Crippen LogP contribution in [-0.2, 0) is 4.79 Å². The van der Waals surface area contributed by atoms with E-state index in [9.17, 15) is 14.9 Å². The Morgan fingerprint density at radius 1 is 1.32 bits per heavy atom. The van der Waals surface area contributed by atoms with E-state index in [0.717, 1.165) is 5.69 Å². The Morgan fingerprint density at radius 3 is 2.53 bits per heavy atom. The van der Waals surface area contributed by atoms with Crippen LogP contribution in [0.2, 0.25) is 0 Å². The molecule has 2 rings (SSSR count). The zero-order valence-corrected chi connectivity index (χ0v) is 10.9. The number of para-hydroxylation sites is 1. The number of carbonyl (C=O) groups is 1. The molecular weight excluding hydrogens is 244 g/mol. The van der Waals surface area contributed by atoms with Crippen molar-refractivity contribution in [1.29, 1.82) is 0 Å². The van der Waals surface area contributed by atoms with E-state index in [2.05, 4.69) is 5.32 Å². The van der Waals surface area contributed by atoms with Crippen molar-refractivity contribution in [3.05, 3.63) is 52.2 Å². The van der Waals surface area contributed by atoms with Crippen LogP contribution in [-0.4, -0.2) is 16.7 Å². The van der Waals surface area contributed by atoms with Crippen molar-refractivity contribution in [3.8, 4) is 0 Å². The van der Waals surface area contributed by atoms with E-state index in [0.29, 0.717) is 5.70 Å². The summed E-state index contributed by atoms with van der Waals surface area (Å²) < 4.78 is 0. The molecule has 0 radical (unpaired) electrons. The minimum atomic E-state index is -1.28. The molecule has 0 aromatic heterocycles. The van der Waals surface area contributed by atoms with E-state index in [1.807, 2.05) is 44.2 Å². The molecule has 0 amide bonds. The van der Waals surface area contributed by atoms with Gasteiger partial charge in [0.15, 0.2) is 0 Å². The molecule has 19 heavy (non-hydrogen) atoms. The minimum absolute atomic E-state index is 0.193. The first-order chi connectivity index (χ1) is 8.89. The molecule has 0 fully saturated rings. The summed E-state index contributed by atoms with van der Waals surface area (Å²) in [5, 5.41) is 14.1. The number of anilines is 1. The maximum absolute atomic E-state index is 11.9. The van der Waals surface area contributed by atoms with Crippen LogP contribution in [0.4, 0.5) is 5.69 Å². The third-order valence-electron chi connectivity index (χ3n) is 3.05. The molecule has 5 heteroatoms. The molecular formula is C14H16N2O3. The number of allylic oxidation sites excluding steroid dienone is 1. The highest BCUT2D eigenvalue weighted by atomic mass is 16.6. The van der Waals surface area contributed by atoms with Gasteiger partial charge < -0.3 is 5.32 Å². The first-order valence-electron chi connectivity index (χ1n) is 6.10. The molecule has 1 aliphatic rings. The van der Waals surface area contributed by atoms with Crippen LogP contribution in [0.15, 0.2) is 42.1 Å². The van der Waals surface area contributed by atoms with Gasteiger partial charge in [0, 0.05) is 17.0 Å². The Bertz CT molecular complexity index is 535. The largest absolute Gasteiger partial charge is 0.353 e. The summed E-state index contributed by atoms with van der Waals surface area (Å²) in [5.41, 5.74) is 0.740. The van der Waals surface area contributed by atoms with Gasteiger partial charge in [0.1, 0.15) is 0 Å². The zero-order valence-electron chi connectivity index (χ0n) is 10.9. The van der Waals surface area contributed by atoms with Crippen molar-refractivity contribution in [1.82, 2.24) is 0 Å². The van der Waals surface area contributed by atoms with E-state index < -0.39 is 11.0 Å². The molecule has 0 saturated carbocycles. The predicted molar refractivity (Wildman–Crippen MR) is 72.3 cm³/mol. The lowest BCUT2D eigenvalue weighted by atomic mass is 9.79. The number of Topliss-reactive ketones (excluding diaryl/α,β-unsaturated/α-hetero) is 1. The van der Waals surface area contributed by atoms with E-state index in [1.54, 1.807) is 6.08 Å². The van der Waals surface area contributed by atoms with Crippen LogP contribution in [0.25, 0.3) is 0 Å². The zero-order chi connectivity index (χ0) is 14.0. The Morgan fingerprint density at radius 2 is 1.95 bits per heavy atom. The van der Waals surface area contributed by atoms with E-state index >= 15 is 0 Å². The Kier molecular flexibility index (Phi) is 3.38. The number of nitro groups is 1. The normalized spacial score (nSPS) is 21.7. The molecule has 0 heterocycles. The van der Waals surface area contributed by atoms with E-state index in [4.69, 9.17) is 0 Å². The van der Waals surface area contributed by atoms with Crippen molar-refractivity contribution in [2.75, 3.05) is 5.32 Å². The Labute approximate surface area is 111 Å². The molecule has 1 aromatic rings. The molecule has 0 spiro atoms. The van der Waals surface area contributed by atoms with Gasteiger partial charge in [-0.25, -0.2) is 0 Å². The van der Waals surface area contributed by atoms with Crippen LogP contribution in [0.3, 0.4) is 0 Å². The fourth-order valence-electron chi connectivity index (χ4n) is 2.29. The number of hydrogen-bond acceptors (Lipinski definition) is 4. The summed E-state index contributed by atoms with van der Waals surface area (Å²) in [6.07, 6.45) is 1.98. The highest BCUT2D eigenvalue weighted by Gasteiger charge is 2.42. The van der Waals surface area contributed by atoms with Gasteiger partial charge in [0.2, 0.25) is 5.78 Å². The SMILES string of the molecule is CC1(C)C=C(Nc2ccccc2)[C@@H]([N+](=O)[O-])C(=O)C1. The Hall–Kier alpha value is -2.17. The first-order valence-corrected chi connectivity index (χ1v) is 6.10. The fourth-order valence-corrected chi connectivity index (χ4v) is 2.29. The summed E-state index contributed by atoms with van der Waals surface area (Å²) >= 11 is 0. The second-order valence-electron chi connectivity index (χ2n) is 5.41. The predicted octanol–water partition coefficient (Wildman–Crippen LogP) is 2.63. The maximum Gasteiger partial charge on any atom is 0.309 e. The van der Waals surface area contributed by atoms with Crippen LogP contribution < -0.4 is 5.32 Å². The molecule has 0 aliphatic heterocycles. The standard InChI is InChI=1S/C14H16N2O3/c1-14(2)8-11(13(16(18)19)12(17)9-14)15-10-6-4-3-5-7-10/h3-8,13,15H,9H2,1-2H3/t13-/m1/s1. The fraction of sp³-hybridized carbons (Fsp3) is 0.357. The van der Waals surface area contributed by atoms with E-state index in [1.165, 1.54) is 0 Å². The summed E-state index contributed by atoms with van der Waals surface area (Å²) in [6, 6.07) is 7.86. The van der Waals surface area contributed by atoms with Crippen LogP contribution >= 0.6 is 0 Å². The summed E-state index contributed by atoms with van der Waals surface area (Å²) in [5.74, 6) is -0.351. The topological polar surface area (TPSA) is 72.2 Å². The van der Waals surface area contributed by atoms with Crippen molar-refractivity contribution >= 4 is 11.5 Å². The molecule has 1 atom stereocenters. The van der Waals surface area contributed by atoms with Crippen molar-refractivity contribution in [3.63, 3.8) is 0 Å². The number of nitrogens with one attached hydrogen (secondary N) is 1. The number of hydrogen-bond donors (Lipinski definition) is 1. The van der Waals surface area contributed by atoms with Gasteiger partial charge in [-0.3, -0.25) is 14.9 Å². The molecule has 0 unspecified atom stereocenters. The van der Waals surface area contributed by atoms with Gasteiger partial charge in [0.05, 0.1) is 5.70 Å². The van der Waals surface area contributed by atoms with Gasteiger partial charge in [-0.15, -0.1) is 0 Å². The quantitative estimate of drug-likeness (QED) is 0.669. The summed E-state index contributed by atoms with van der Waals surface area (Å²) in [4.78, 5) is 22.5. The summed E-state index contributed by atoms with van der Waals surface area (Å²) in [7, 11) is 0. The van der Waals surface area contributed by atoms with Gasteiger partial charge in [-0.05, 0) is 17.5 Å². The molecule has 0 bridgehead atoms. The average molecular weight is 260 g/mol. The lowest BCUT2D eigenvalue weighted by molar-refractivity contribution is -0.498. The second kappa shape index (κ2) is 4.84. The number of nitrogens with zero attached hydrogens (tertiary/aromatic N) is 1. The lowest BCUT2D eigenvalue weighted by Crippen LogP contribution is -2.41. The van der Waals surface area contributed by atoms with Crippen LogP contribution in [0.1, 0.15) is 20.3 Å². The van der Waals surface area contributed by atoms with Crippen LogP contribution in [0.5, 0.6) is 0 Å². The summed E-state index contributed by atoms with van der Waals surface area (Å²) in [6.45, 7) is 3.79. The third-order valence-corrected chi connectivity index (χ3v) is 3.05. The Balaban J connectivity index is 2.35. The van der Waals surface area contributed by atoms with Crippen molar-refractivity contribution < 1.29 is 9.72 Å². The molecule has 1 aliphatic carbocycles. The van der Waals surface area contributed by atoms with Gasteiger partial charge in [0.25, 0.3) is 0 Å². The number of carbonyl (C=O) groups excluding carboxylic acids is 1. The number of ketones is 1. The number of benzene rings is 1. The average Bonchev–Trinajstić information content (AvgIpc) is 2.27. The van der Waals surface area contributed by atoms with Gasteiger partial charge in [-0.1, -0.05) is 38.1 Å². The van der Waals surface area contributed by atoms with E-state index in [-0.39, 0.29) is 17.6 Å². The maximum atomic E-state index is 11.9. The van der Waals surface area contributed by atoms with Crippen LogP contribution in [0, 0.1) is 15.5 Å². The highest BCUT2D eigenvalue weighted by Crippen LogP contribution is 2.32. The van der Waals surface area contributed by atoms with Crippen molar-refractivity contribution in [2.45, 2.75) is 26.3 Å². The number of rotatable bonds is 3. The monoisotopic (exact) mass is 260 g/mol. The first kappa shape index (κ1) is 13.3. The molecule has 1 N–H and O–H groups in total. The molecule has 1 aromatic carbocycles. The molecule has 100 valence electrons. The lowest BCUT2D eigenvalue weighted by Gasteiger charge is -2.28. The smallest absolute Gasteiger partial charge is 0.309 e. The molecule has 5 nitrogen and oxygen atoms in total.